The highest BCUT2D eigenvalue weighted by molar-refractivity contribution is 5.98. The van der Waals surface area contributed by atoms with E-state index in [1.165, 1.54) is 0 Å². The minimum Gasteiger partial charge on any atom is -0.365 e. The van der Waals surface area contributed by atoms with Crippen molar-refractivity contribution in [3.8, 4) is 0 Å². The number of aromatic nitrogens is 2. The first-order chi connectivity index (χ1) is 11.8. The Hall–Kier alpha value is -2.50. The zero-order valence-electron chi connectivity index (χ0n) is 15.7. The molecule has 2 N–H and O–H groups in total. The molecule has 0 aliphatic heterocycles. The summed E-state index contributed by atoms with van der Waals surface area (Å²) >= 11 is 0. The molecule has 6 nitrogen and oxygen atoms in total. The van der Waals surface area contributed by atoms with Crippen molar-refractivity contribution in [1.82, 2.24) is 20.6 Å². The summed E-state index contributed by atoms with van der Waals surface area (Å²) in [4.78, 5) is 25.2. The average Bonchev–Trinajstić information content (AvgIpc) is 3.28. The fourth-order valence-corrected chi connectivity index (χ4v) is 2.60. The monoisotopic (exact) mass is 341 g/mol. The molecule has 1 amide bonds. The van der Waals surface area contributed by atoms with Gasteiger partial charge in [-0.25, -0.2) is 15.0 Å². The van der Waals surface area contributed by atoms with Crippen LogP contribution in [0, 0.1) is 6.92 Å². The largest absolute Gasteiger partial charge is 0.365 e. The van der Waals surface area contributed by atoms with Crippen LogP contribution in [0.5, 0.6) is 0 Å². The van der Waals surface area contributed by atoms with Gasteiger partial charge in [-0.3, -0.25) is 4.79 Å². The lowest BCUT2D eigenvalue weighted by Gasteiger charge is -2.18. The van der Waals surface area contributed by atoms with Gasteiger partial charge in [-0.05, 0) is 60.2 Å². The van der Waals surface area contributed by atoms with Crippen molar-refractivity contribution >= 4 is 12.6 Å². The van der Waals surface area contributed by atoms with Crippen LogP contribution < -0.4 is 10.6 Å². The zero-order chi connectivity index (χ0) is 18.6. The van der Waals surface area contributed by atoms with Gasteiger partial charge in [0.05, 0.1) is 12.2 Å². The highest BCUT2D eigenvalue weighted by atomic mass is 16.1. The third kappa shape index (κ3) is 4.98. The summed E-state index contributed by atoms with van der Waals surface area (Å²) < 4.78 is 0. The van der Waals surface area contributed by atoms with Gasteiger partial charge < -0.3 is 10.6 Å². The Labute approximate surface area is 149 Å². The normalized spacial score (nSPS) is 15.7. The van der Waals surface area contributed by atoms with E-state index >= 15 is 0 Å². The van der Waals surface area contributed by atoms with Gasteiger partial charge >= 0.3 is 0 Å². The molecule has 25 heavy (non-hydrogen) atoms. The molecule has 0 saturated heterocycles. The van der Waals surface area contributed by atoms with E-state index in [0.717, 1.165) is 29.7 Å². The molecule has 0 unspecified atom stereocenters. The lowest BCUT2D eigenvalue weighted by molar-refractivity contribution is -0.117. The molecular formula is C19H27N5O. The molecule has 1 aromatic heterocycles. The number of carbonyl (C=O) groups excluding carboxylic acids is 1. The van der Waals surface area contributed by atoms with Gasteiger partial charge in [-0.1, -0.05) is 5.57 Å². The molecule has 1 fully saturated rings. The van der Waals surface area contributed by atoms with Crippen LogP contribution in [0.2, 0.25) is 0 Å². The zero-order valence-corrected chi connectivity index (χ0v) is 15.7. The van der Waals surface area contributed by atoms with Crippen LogP contribution in [0.15, 0.2) is 39.8 Å². The number of allylic oxidation sites excluding steroid dienone is 1. The van der Waals surface area contributed by atoms with Gasteiger partial charge in [-0.2, -0.15) is 0 Å². The number of rotatable bonds is 7. The molecule has 6 heteroatoms. The first-order valence-corrected chi connectivity index (χ1v) is 8.46. The molecule has 0 radical (unpaired) electrons. The molecule has 0 bridgehead atoms. The summed E-state index contributed by atoms with van der Waals surface area (Å²) in [6.07, 6.45) is 3.89. The summed E-state index contributed by atoms with van der Waals surface area (Å²) in [5, 5.41) is 6.34. The van der Waals surface area contributed by atoms with E-state index < -0.39 is 0 Å². The maximum atomic E-state index is 12.7. The molecule has 0 spiro atoms. The number of hydrogen-bond acceptors (Lipinski definition) is 5. The Morgan fingerprint density at radius 3 is 2.56 bits per heavy atom. The van der Waals surface area contributed by atoms with Gasteiger partial charge in [0.15, 0.2) is 0 Å². The fourth-order valence-electron chi connectivity index (χ4n) is 2.60. The molecular weight excluding hydrogens is 314 g/mol. The first-order valence-electron chi connectivity index (χ1n) is 8.46. The summed E-state index contributed by atoms with van der Waals surface area (Å²) in [7, 11) is 0. The lowest BCUT2D eigenvalue weighted by Crippen LogP contribution is -2.30. The molecule has 2 rings (SSSR count). The van der Waals surface area contributed by atoms with E-state index in [1.807, 2.05) is 27.7 Å². The van der Waals surface area contributed by atoms with Crippen LogP contribution in [0.3, 0.4) is 0 Å². The molecule has 1 aliphatic rings. The Balaban J connectivity index is 2.17. The number of nitrogens with one attached hydrogen (secondary N) is 2. The highest BCUT2D eigenvalue weighted by Crippen LogP contribution is 2.36. The standard InChI is InChI=1S/C19H27N5O/c1-12(2)16(13(3)17(20-6)24-19(5)8-9-19)18(25)22-11-15-7-10-21-14(4)23-15/h7,10,24H,6,8-9,11H2,1-5H3,(H,22,25)/b17-13-. The van der Waals surface area contributed by atoms with Crippen molar-refractivity contribution in [2.45, 2.75) is 59.5 Å². The van der Waals surface area contributed by atoms with Gasteiger partial charge in [0, 0.05) is 22.9 Å². The topological polar surface area (TPSA) is 79.3 Å². The van der Waals surface area contributed by atoms with Crippen molar-refractivity contribution in [2.24, 2.45) is 4.99 Å². The van der Waals surface area contributed by atoms with Crippen molar-refractivity contribution < 1.29 is 4.79 Å². The Morgan fingerprint density at radius 1 is 1.36 bits per heavy atom. The molecule has 1 heterocycles. The highest BCUT2D eigenvalue weighted by Gasteiger charge is 2.38. The number of amides is 1. The quantitative estimate of drug-likeness (QED) is 0.454. The first kappa shape index (κ1) is 18.8. The summed E-state index contributed by atoms with van der Waals surface area (Å²) in [5.74, 6) is 1.21. The number of carbonyl (C=O) groups is 1. The summed E-state index contributed by atoms with van der Waals surface area (Å²) in [6.45, 7) is 13.7. The van der Waals surface area contributed by atoms with Gasteiger partial charge in [0.25, 0.3) is 5.91 Å². The van der Waals surface area contributed by atoms with Crippen molar-refractivity contribution in [3.05, 3.63) is 46.3 Å². The van der Waals surface area contributed by atoms with E-state index in [9.17, 15) is 4.79 Å². The minimum atomic E-state index is -0.141. The number of aliphatic imine (C=N–C) groups is 1. The molecule has 1 aromatic rings. The number of aryl methyl sites for hydroxylation is 1. The SMILES string of the molecule is C=N/C(NC1(C)CC1)=C(\C)C(C(=O)NCc1ccnc(C)n1)=C(C)C. The number of nitrogens with zero attached hydrogens (tertiary/aromatic N) is 3. The second-order valence-electron chi connectivity index (χ2n) is 6.97. The maximum absolute atomic E-state index is 12.7. The molecule has 0 atom stereocenters. The fraction of sp³-hybridized carbons (Fsp3) is 0.474. The van der Waals surface area contributed by atoms with E-state index in [-0.39, 0.29) is 11.4 Å². The molecule has 134 valence electrons. The van der Waals surface area contributed by atoms with E-state index in [4.69, 9.17) is 0 Å². The summed E-state index contributed by atoms with van der Waals surface area (Å²) in [5.41, 5.74) is 3.21. The minimum absolute atomic E-state index is 0.0689. The van der Waals surface area contributed by atoms with E-state index in [0.29, 0.717) is 23.8 Å². The Bertz CT molecular complexity index is 740. The van der Waals surface area contributed by atoms with Gasteiger partial charge in [-0.15, -0.1) is 0 Å². The van der Waals surface area contributed by atoms with Crippen LogP contribution in [0.4, 0.5) is 0 Å². The second-order valence-corrected chi connectivity index (χ2v) is 6.97. The van der Waals surface area contributed by atoms with Crippen molar-refractivity contribution in [2.75, 3.05) is 0 Å². The molecule has 1 saturated carbocycles. The van der Waals surface area contributed by atoms with E-state index in [1.54, 1.807) is 12.3 Å². The van der Waals surface area contributed by atoms with Crippen LogP contribution in [0.25, 0.3) is 0 Å². The van der Waals surface area contributed by atoms with Crippen LogP contribution in [0.1, 0.15) is 52.1 Å². The van der Waals surface area contributed by atoms with Crippen LogP contribution in [-0.4, -0.2) is 28.1 Å². The predicted molar refractivity (Wildman–Crippen MR) is 100 cm³/mol. The molecule has 1 aliphatic carbocycles. The van der Waals surface area contributed by atoms with Crippen molar-refractivity contribution in [3.63, 3.8) is 0 Å². The smallest absolute Gasteiger partial charge is 0.251 e. The van der Waals surface area contributed by atoms with Crippen LogP contribution in [-0.2, 0) is 11.3 Å². The second kappa shape index (κ2) is 7.59. The Kier molecular flexibility index (Phi) is 5.72. The predicted octanol–water partition coefficient (Wildman–Crippen LogP) is 2.81. The third-order valence-electron chi connectivity index (χ3n) is 4.30. The van der Waals surface area contributed by atoms with Gasteiger partial charge in [0.1, 0.15) is 11.6 Å². The third-order valence-corrected chi connectivity index (χ3v) is 4.30. The average molecular weight is 341 g/mol. The van der Waals surface area contributed by atoms with E-state index in [2.05, 4.69) is 39.2 Å². The molecule has 0 aromatic carbocycles. The lowest BCUT2D eigenvalue weighted by atomic mass is 10.0. The van der Waals surface area contributed by atoms with Gasteiger partial charge in [0.2, 0.25) is 0 Å². The Morgan fingerprint density at radius 2 is 2.04 bits per heavy atom. The summed E-state index contributed by atoms with van der Waals surface area (Å²) in [6, 6.07) is 1.80. The number of hydrogen-bond donors (Lipinski definition) is 2. The van der Waals surface area contributed by atoms with Crippen LogP contribution >= 0.6 is 0 Å². The van der Waals surface area contributed by atoms with Crippen molar-refractivity contribution in [1.29, 1.82) is 0 Å². The maximum Gasteiger partial charge on any atom is 0.251 e.